The van der Waals surface area contributed by atoms with Crippen LogP contribution in [0.4, 0.5) is 0 Å². The second-order valence-electron chi connectivity index (χ2n) is 12.4. The molecule has 30 heavy (non-hydrogen) atoms. The van der Waals surface area contributed by atoms with Gasteiger partial charge in [0.25, 0.3) is 0 Å². The molecule has 8 fully saturated rings. The average molecular weight is 394 g/mol. The summed E-state index contributed by atoms with van der Waals surface area (Å²) >= 11 is 0. The minimum absolute atomic E-state index is 0.315. The van der Waals surface area contributed by atoms with Crippen LogP contribution in [-0.4, -0.2) is 0 Å². The SMILES string of the molecule is C(#CC12CC3CC(CC(C3)C1)C2)c1c[c]ccc1C#CC12CC3CC(CC(C3)C1)C2. The summed E-state index contributed by atoms with van der Waals surface area (Å²) in [6.07, 6.45) is 17.1. The highest BCUT2D eigenvalue weighted by atomic mass is 14.5. The van der Waals surface area contributed by atoms with E-state index in [0.717, 1.165) is 46.6 Å². The van der Waals surface area contributed by atoms with E-state index in [1.54, 1.807) is 0 Å². The van der Waals surface area contributed by atoms with Crippen molar-refractivity contribution in [1.82, 2.24) is 0 Å². The van der Waals surface area contributed by atoms with Gasteiger partial charge >= 0.3 is 0 Å². The van der Waals surface area contributed by atoms with Crippen molar-refractivity contribution >= 4 is 0 Å². The van der Waals surface area contributed by atoms with Gasteiger partial charge in [0.15, 0.2) is 0 Å². The first kappa shape index (κ1) is 18.0. The maximum atomic E-state index is 3.85. The van der Waals surface area contributed by atoms with Gasteiger partial charge in [-0.1, -0.05) is 29.7 Å². The average Bonchev–Trinajstić information content (AvgIpc) is 2.69. The monoisotopic (exact) mass is 393 g/mol. The van der Waals surface area contributed by atoms with Crippen molar-refractivity contribution in [2.75, 3.05) is 0 Å². The van der Waals surface area contributed by atoms with Gasteiger partial charge in [0.1, 0.15) is 0 Å². The molecule has 0 nitrogen and oxygen atoms in total. The first-order valence-electron chi connectivity index (χ1n) is 12.7. The topological polar surface area (TPSA) is 0 Å². The quantitative estimate of drug-likeness (QED) is 0.434. The van der Waals surface area contributed by atoms with Gasteiger partial charge in [0, 0.05) is 22.0 Å². The summed E-state index contributed by atoms with van der Waals surface area (Å²) < 4.78 is 0. The Bertz CT molecular complexity index is 835. The van der Waals surface area contributed by atoms with Gasteiger partial charge < -0.3 is 0 Å². The van der Waals surface area contributed by atoms with E-state index >= 15 is 0 Å². The summed E-state index contributed by atoms with van der Waals surface area (Å²) in [5.41, 5.74) is 2.92. The molecule has 1 radical (unpaired) electrons. The van der Waals surface area contributed by atoms with E-state index in [1.807, 2.05) is 6.07 Å². The molecular weight excluding hydrogens is 360 g/mol. The fourth-order valence-electron chi connectivity index (χ4n) is 9.57. The summed E-state index contributed by atoms with van der Waals surface area (Å²) in [6, 6.07) is 9.57. The van der Waals surface area contributed by atoms with Gasteiger partial charge in [-0.2, -0.15) is 0 Å². The van der Waals surface area contributed by atoms with E-state index in [-0.39, 0.29) is 0 Å². The molecule has 0 saturated heterocycles. The summed E-state index contributed by atoms with van der Waals surface area (Å²) in [6.45, 7) is 0. The smallest absolute Gasteiger partial charge is 0.0408 e. The van der Waals surface area contributed by atoms with Crippen LogP contribution < -0.4 is 0 Å². The third-order valence-electron chi connectivity index (χ3n) is 9.87. The van der Waals surface area contributed by atoms with Gasteiger partial charge in [-0.05, 0) is 131 Å². The van der Waals surface area contributed by atoms with Crippen LogP contribution in [0.15, 0.2) is 18.2 Å². The van der Waals surface area contributed by atoms with Gasteiger partial charge in [-0.3, -0.25) is 0 Å². The predicted octanol–water partition coefficient (Wildman–Crippen LogP) is 6.62. The molecular formula is C30H33. The highest BCUT2D eigenvalue weighted by molar-refractivity contribution is 5.51. The van der Waals surface area contributed by atoms with E-state index in [4.69, 9.17) is 0 Å². The van der Waals surface area contributed by atoms with Crippen LogP contribution in [0, 0.1) is 76.1 Å². The molecule has 1 aromatic rings. The Labute approximate surface area is 182 Å². The number of hydrogen-bond acceptors (Lipinski definition) is 0. The lowest BCUT2D eigenvalue weighted by molar-refractivity contribution is -0.0182. The Hall–Kier alpha value is -1.66. The predicted molar refractivity (Wildman–Crippen MR) is 120 cm³/mol. The van der Waals surface area contributed by atoms with Crippen molar-refractivity contribution in [3.8, 4) is 23.7 Å². The molecule has 0 heteroatoms. The number of benzene rings is 1. The van der Waals surface area contributed by atoms with Crippen molar-refractivity contribution in [3.05, 3.63) is 35.4 Å². The molecule has 0 spiro atoms. The van der Waals surface area contributed by atoms with E-state index in [1.165, 1.54) is 77.0 Å². The largest absolute Gasteiger partial charge is 0.0910 e. The number of rotatable bonds is 0. The fourth-order valence-corrected chi connectivity index (χ4v) is 9.57. The first-order chi connectivity index (χ1) is 14.6. The minimum atomic E-state index is 0.315. The highest BCUT2D eigenvalue weighted by Gasteiger charge is 2.51. The summed E-state index contributed by atoms with van der Waals surface area (Å²) in [4.78, 5) is 0. The molecule has 8 aliphatic carbocycles. The van der Waals surface area contributed by atoms with Crippen LogP contribution in [0.3, 0.4) is 0 Å². The van der Waals surface area contributed by atoms with Gasteiger partial charge in [0.2, 0.25) is 0 Å². The van der Waals surface area contributed by atoms with Gasteiger partial charge in [-0.25, -0.2) is 0 Å². The molecule has 0 atom stereocenters. The Kier molecular flexibility index (Phi) is 3.85. The third-order valence-corrected chi connectivity index (χ3v) is 9.87. The second-order valence-corrected chi connectivity index (χ2v) is 12.4. The van der Waals surface area contributed by atoms with Crippen molar-refractivity contribution in [1.29, 1.82) is 0 Å². The van der Waals surface area contributed by atoms with E-state index in [0.29, 0.717) is 10.8 Å². The fraction of sp³-hybridized carbons (Fsp3) is 0.667. The molecule has 8 aliphatic rings. The van der Waals surface area contributed by atoms with Crippen LogP contribution >= 0.6 is 0 Å². The van der Waals surface area contributed by atoms with Gasteiger partial charge in [-0.15, -0.1) is 0 Å². The molecule has 0 amide bonds. The van der Waals surface area contributed by atoms with Crippen LogP contribution in [0.5, 0.6) is 0 Å². The molecule has 9 rings (SSSR count). The summed E-state index contributed by atoms with van der Waals surface area (Å²) in [5, 5.41) is 0. The minimum Gasteiger partial charge on any atom is -0.0910 e. The lowest BCUT2D eigenvalue weighted by atomic mass is 9.50. The first-order valence-corrected chi connectivity index (χ1v) is 12.7. The third kappa shape index (κ3) is 2.98. The zero-order chi connectivity index (χ0) is 19.8. The molecule has 8 bridgehead atoms. The van der Waals surface area contributed by atoms with Crippen LogP contribution in [0.2, 0.25) is 0 Å². The van der Waals surface area contributed by atoms with Crippen LogP contribution in [0.1, 0.15) is 88.2 Å². The molecule has 0 aromatic heterocycles. The van der Waals surface area contributed by atoms with E-state index < -0.39 is 0 Å². The van der Waals surface area contributed by atoms with Crippen molar-refractivity contribution in [2.24, 2.45) is 46.3 Å². The van der Waals surface area contributed by atoms with Crippen molar-refractivity contribution < 1.29 is 0 Å². The van der Waals surface area contributed by atoms with Crippen molar-refractivity contribution in [2.45, 2.75) is 77.0 Å². The molecule has 153 valence electrons. The van der Waals surface area contributed by atoms with E-state index in [9.17, 15) is 0 Å². The molecule has 0 unspecified atom stereocenters. The maximum absolute atomic E-state index is 3.85. The standard InChI is InChI=1S/C30H33/c1-2-4-28(6-8-30-18-24-12-25(19-30)14-26(13-24)20-30)27(3-1)5-7-29-15-21-9-22(16-29)11-23(10-21)17-29/h1,3-4,21-26H,9-20H2. The number of hydrogen-bond donors (Lipinski definition) is 0. The lowest BCUT2D eigenvalue weighted by Crippen LogP contribution is -2.45. The normalized spacial score (nSPS) is 46.8. The second kappa shape index (κ2) is 6.42. The van der Waals surface area contributed by atoms with Crippen molar-refractivity contribution in [3.63, 3.8) is 0 Å². The molecule has 1 aromatic carbocycles. The van der Waals surface area contributed by atoms with Crippen LogP contribution in [0.25, 0.3) is 0 Å². The molecule has 0 aliphatic heterocycles. The Morgan fingerprint density at radius 1 is 0.600 bits per heavy atom. The zero-order valence-corrected chi connectivity index (χ0v) is 18.2. The van der Waals surface area contributed by atoms with Crippen LogP contribution in [-0.2, 0) is 0 Å². The maximum Gasteiger partial charge on any atom is 0.0408 e. The summed E-state index contributed by atoms with van der Waals surface area (Å²) in [7, 11) is 0. The Balaban J connectivity index is 1.18. The Morgan fingerprint density at radius 2 is 1.00 bits per heavy atom. The van der Waals surface area contributed by atoms with E-state index in [2.05, 4.69) is 41.9 Å². The zero-order valence-electron chi connectivity index (χ0n) is 18.2. The lowest BCUT2D eigenvalue weighted by Gasteiger charge is -2.54. The van der Waals surface area contributed by atoms with Gasteiger partial charge in [0.05, 0.1) is 0 Å². The molecule has 8 saturated carbocycles. The molecule has 0 N–H and O–H groups in total. The summed E-state index contributed by atoms with van der Waals surface area (Å²) in [5.74, 6) is 20.8. The molecule has 0 heterocycles. The highest BCUT2D eigenvalue weighted by Crippen LogP contribution is 2.60. The Morgan fingerprint density at radius 3 is 1.43 bits per heavy atom.